The molecule has 2 aliphatic heterocycles. The molecule has 13 heavy (non-hydrogen) atoms. The predicted octanol–water partition coefficient (Wildman–Crippen LogP) is 2.72. The highest BCUT2D eigenvalue weighted by Crippen LogP contribution is 2.44. The van der Waals surface area contributed by atoms with Gasteiger partial charge < -0.3 is 4.74 Å². The lowest BCUT2D eigenvalue weighted by Gasteiger charge is -2.18. The van der Waals surface area contributed by atoms with E-state index in [0.717, 1.165) is 0 Å². The number of hydrogen-bond acceptors (Lipinski definition) is 1. The van der Waals surface area contributed by atoms with Crippen molar-refractivity contribution in [2.75, 3.05) is 0 Å². The van der Waals surface area contributed by atoms with Gasteiger partial charge in [0.1, 0.15) is 0 Å². The van der Waals surface area contributed by atoms with Crippen LogP contribution < -0.4 is 0 Å². The minimum absolute atomic E-state index is 0.521. The zero-order valence-electron chi connectivity index (χ0n) is 7.65. The molecule has 0 saturated carbocycles. The molecule has 0 radical (unpaired) electrons. The highest BCUT2D eigenvalue weighted by atomic mass is 16.5. The lowest BCUT2D eigenvalue weighted by Crippen LogP contribution is -2.13. The van der Waals surface area contributed by atoms with Crippen LogP contribution in [-0.4, -0.2) is 12.2 Å². The van der Waals surface area contributed by atoms with Crippen LogP contribution in [0, 0.1) is 0 Å². The van der Waals surface area contributed by atoms with Gasteiger partial charge in [0, 0.05) is 5.92 Å². The van der Waals surface area contributed by atoms with Gasteiger partial charge in [-0.15, -0.1) is 0 Å². The van der Waals surface area contributed by atoms with E-state index in [2.05, 4.69) is 30.3 Å². The second kappa shape index (κ2) is 2.85. The number of fused-ring (bicyclic) bond motifs is 2. The molecule has 0 aliphatic carbocycles. The maximum Gasteiger partial charge on any atom is 0.0649 e. The summed E-state index contributed by atoms with van der Waals surface area (Å²) in [6.07, 6.45) is 4.88. The Labute approximate surface area is 78.7 Å². The second-order valence-electron chi connectivity index (χ2n) is 4.13. The molecule has 2 saturated heterocycles. The van der Waals surface area contributed by atoms with Crippen molar-refractivity contribution in [1.29, 1.82) is 0 Å². The van der Waals surface area contributed by atoms with Gasteiger partial charge in [-0.3, -0.25) is 0 Å². The van der Waals surface area contributed by atoms with Crippen LogP contribution >= 0.6 is 0 Å². The van der Waals surface area contributed by atoms with E-state index in [-0.39, 0.29) is 0 Å². The minimum atomic E-state index is 0.521. The average molecular weight is 174 g/mol. The molecule has 0 aromatic heterocycles. The summed E-state index contributed by atoms with van der Waals surface area (Å²) < 4.78 is 5.84. The third-order valence-corrected chi connectivity index (χ3v) is 3.33. The molecule has 0 N–H and O–H groups in total. The summed E-state index contributed by atoms with van der Waals surface area (Å²) in [5, 5.41) is 0. The van der Waals surface area contributed by atoms with Crippen molar-refractivity contribution in [3.8, 4) is 0 Å². The molecular weight excluding hydrogens is 160 g/mol. The van der Waals surface area contributed by atoms with Gasteiger partial charge in [0.2, 0.25) is 0 Å². The molecule has 1 aromatic carbocycles. The van der Waals surface area contributed by atoms with Gasteiger partial charge in [0.05, 0.1) is 12.2 Å². The quantitative estimate of drug-likeness (QED) is 0.636. The zero-order valence-corrected chi connectivity index (χ0v) is 7.65. The van der Waals surface area contributed by atoms with Crippen molar-refractivity contribution in [1.82, 2.24) is 0 Å². The van der Waals surface area contributed by atoms with Gasteiger partial charge in [-0.05, 0) is 24.8 Å². The van der Waals surface area contributed by atoms with E-state index in [1.165, 1.54) is 24.8 Å². The molecule has 1 heteroatoms. The largest absolute Gasteiger partial charge is 0.374 e. The van der Waals surface area contributed by atoms with Gasteiger partial charge >= 0.3 is 0 Å². The highest BCUT2D eigenvalue weighted by molar-refractivity contribution is 5.23. The maximum absolute atomic E-state index is 5.84. The first-order valence-corrected chi connectivity index (χ1v) is 5.14. The molecule has 2 heterocycles. The highest BCUT2D eigenvalue weighted by Gasteiger charge is 2.41. The molecule has 3 rings (SSSR count). The Morgan fingerprint density at radius 1 is 1.08 bits per heavy atom. The van der Waals surface area contributed by atoms with E-state index in [4.69, 9.17) is 4.74 Å². The molecule has 3 atom stereocenters. The molecule has 68 valence electrons. The third-order valence-electron chi connectivity index (χ3n) is 3.33. The number of benzene rings is 1. The van der Waals surface area contributed by atoms with E-state index in [1.54, 1.807) is 0 Å². The first-order valence-electron chi connectivity index (χ1n) is 5.14. The van der Waals surface area contributed by atoms with Crippen molar-refractivity contribution in [2.45, 2.75) is 37.4 Å². The topological polar surface area (TPSA) is 9.23 Å². The number of ether oxygens (including phenoxy) is 1. The number of rotatable bonds is 1. The summed E-state index contributed by atoms with van der Waals surface area (Å²) in [7, 11) is 0. The van der Waals surface area contributed by atoms with E-state index < -0.39 is 0 Å². The summed E-state index contributed by atoms with van der Waals surface area (Å²) in [4.78, 5) is 0. The van der Waals surface area contributed by atoms with Gasteiger partial charge in [-0.25, -0.2) is 0 Å². The van der Waals surface area contributed by atoms with E-state index in [1.807, 2.05) is 0 Å². The summed E-state index contributed by atoms with van der Waals surface area (Å²) in [6.45, 7) is 0. The van der Waals surface area contributed by atoms with E-state index in [9.17, 15) is 0 Å². The lowest BCUT2D eigenvalue weighted by molar-refractivity contribution is 0.101. The summed E-state index contributed by atoms with van der Waals surface area (Å²) in [5.74, 6) is 0.681. The fraction of sp³-hybridized carbons (Fsp3) is 0.500. The molecule has 0 spiro atoms. The van der Waals surface area contributed by atoms with Crippen LogP contribution in [0.15, 0.2) is 30.3 Å². The van der Waals surface area contributed by atoms with Crippen molar-refractivity contribution in [3.63, 3.8) is 0 Å². The van der Waals surface area contributed by atoms with Crippen LogP contribution in [0.5, 0.6) is 0 Å². The minimum Gasteiger partial charge on any atom is -0.374 e. The Balaban J connectivity index is 1.87. The van der Waals surface area contributed by atoms with Crippen molar-refractivity contribution < 1.29 is 4.74 Å². The van der Waals surface area contributed by atoms with Crippen LogP contribution in [0.4, 0.5) is 0 Å². The molecule has 0 unspecified atom stereocenters. The molecular formula is C12H14O. The zero-order chi connectivity index (χ0) is 8.67. The van der Waals surface area contributed by atoms with Crippen molar-refractivity contribution >= 4 is 0 Å². The fourth-order valence-corrected chi connectivity index (χ4v) is 2.69. The van der Waals surface area contributed by atoms with Crippen LogP contribution in [0.3, 0.4) is 0 Å². The summed E-state index contributed by atoms with van der Waals surface area (Å²) in [5.41, 5.74) is 1.47. The fourth-order valence-electron chi connectivity index (χ4n) is 2.69. The standard InChI is InChI=1S/C12H14O/c1-2-4-9(5-3-1)11-8-10-6-7-12(11)13-10/h1-5,10-12H,6-8H2/t10-,11+,12+/m0/s1. The third kappa shape index (κ3) is 1.19. The van der Waals surface area contributed by atoms with Crippen LogP contribution in [0.25, 0.3) is 0 Å². The average Bonchev–Trinajstić information content (AvgIpc) is 2.80. The molecule has 2 aliphatic rings. The van der Waals surface area contributed by atoms with Gasteiger partial charge in [-0.1, -0.05) is 30.3 Å². The predicted molar refractivity (Wildman–Crippen MR) is 51.7 cm³/mol. The first-order chi connectivity index (χ1) is 6.43. The van der Waals surface area contributed by atoms with Crippen molar-refractivity contribution in [3.05, 3.63) is 35.9 Å². The molecule has 0 amide bonds. The van der Waals surface area contributed by atoms with Crippen LogP contribution in [-0.2, 0) is 4.74 Å². The SMILES string of the molecule is c1ccc([C@H]2C[C@@H]3CC[C@H]2O3)cc1. The summed E-state index contributed by atoms with van der Waals surface area (Å²) in [6, 6.07) is 10.8. The van der Waals surface area contributed by atoms with Gasteiger partial charge in [0.15, 0.2) is 0 Å². The van der Waals surface area contributed by atoms with Crippen LogP contribution in [0.1, 0.15) is 30.7 Å². The Morgan fingerprint density at radius 3 is 2.54 bits per heavy atom. The Bertz CT molecular complexity index is 293. The van der Waals surface area contributed by atoms with Crippen molar-refractivity contribution in [2.24, 2.45) is 0 Å². The summed E-state index contributed by atoms with van der Waals surface area (Å²) >= 11 is 0. The number of hydrogen-bond donors (Lipinski definition) is 0. The van der Waals surface area contributed by atoms with Gasteiger partial charge in [0.25, 0.3) is 0 Å². The van der Waals surface area contributed by atoms with Crippen LogP contribution in [0.2, 0.25) is 0 Å². The molecule has 1 aromatic rings. The molecule has 2 fully saturated rings. The monoisotopic (exact) mass is 174 g/mol. The molecule has 1 nitrogen and oxygen atoms in total. The van der Waals surface area contributed by atoms with Gasteiger partial charge in [-0.2, -0.15) is 0 Å². The Morgan fingerprint density at radius 2 is 1.92 bits per heavy atom. The Hall–Kier alpha value is -0.820. The van der Waals surface area contributed by atoms with E-state index in [0.29, 0.717) is 18.1 Å². The maximum atomic E-state index is 5.84. The smallest absolute Gasteiger partial charge is 0.0649 e. The normalized spacial score (nSPS) is 36.8. The molecule has 2 bridgehead atoms. The second-order valence-corrected chi connectivity index (χ2v) is 4.13. The lowest BCUT2D eigenvalue weighted by atomic mass is 9.84. The first kappa shape index (κ1) is 7.57. The van der Waals surface area contributed by atoms with E-state index >= 15 is 0 Å². The Kier molecular flexibility index (Phi) is 1.66.